The first-order chi connectivity index (χ1) is 7.36. The van der Waals surface area contributed by atoms with Gasteiger partial charge in [0, 0.05) is 12.6 Å². The third kappa shape index (κ3) is 2.91. The Balaban J connectivity index is 1.75. The van der Waals surface area contributed by atoms with Gasteiger partial charge in [0.05, 0.1) is 12.8 Å². The van der Waals surface area contributed by atoms with Crippen LogP contribution in [0.1, 0.15) is 23.4 Å². The summed E-state index contributed by atoms with van der Waals surface area (Å²) in [7, 11) is 0. The highest BCUT2D eigenvalue weighted by Crippen LogP contribution is 2.03. The summed E-state index contributed by atoms with van der Waals surface area (Å²) in [4.78, 5) is 11.6. The van der Waals surface area contributed by atoms with Gasteiger partial charge in [-0.1, -0.05) is 0 Å². The van der Waals surface area contributed by atoms with Crippen molar-refractivity contribution in [2.75, 3.05) is 19.6 Å². The van der Waals surface area contributed by atoms with Gasteiger partial charge >= 0.3 is 0 Å². The van der Waals surface area contributed by atoms with Crippen LogP contribution < -0.4 is 10.6 Å². The fourth-order valence-corrected chi connectivity index (χ4v) is 1.79. The molecule has 0 bridgehead atoms. The van der Waals surface area contributed by atoms with Crippen LogP contribution in [0.25, 0.3) is 0 Å². The van der Waals surface area contributed by atoms with Crippen molar-refractivity contribution in [2.45, 2.75) is 18.9 Å². The summed E-state index contributed by atoms with van der Waals surface area (Å²) in [5, 5.41) is 6.53. The second-order valence-corrected chi connectivity index (χ2v) is 3.82. The summed E-state index contributed by atoms with van der Waals surface area (Å²) in [6, 6.07) is 3.84. The van der Waals surface area contributed by atoms with E-state index < -0.39 is 0 Å². The predicted molar refractivity (Wildman–Crippen MR) is 56.9 cm³/mol. The van der Waals surface area contributed by atoms with Crippen molar-refractivity contribution in [1.29, 1.82) is 0 Å². The number of Topliss-reactive ketones (excluding diaryl/α,β-unsaturated/α-hetero) is 1. The quantitative estimate of drug-likeness (QED) is 0.719. The zero-order valence-corrected chi connectivity index (χ0v) is 8.66. The summed E-state index contributed by atoms with van der Waals surface area (Å²) >= 11 is 0. The predicted octanol–water partition coefficient (Wildman–Crippen LogP) is 0.804. The van der Waals surface area contributed by atoms with Crippen LogP contribution in [0.15, 0.2) is 22.8 Å². The Kier molecular flexibility index (Phi) is 3.53. The molecule has 2 rings (SSSR count). The van der Waals surface area contributed by atoms with Gasteiger partial charge in [-0.05, 0) is 31.5 Å². The Bertz CT molecular complexity index is 302. The van der Waals surface area contributed by atoms with E-state index in [1.165, 1.54) is 12.7 Å². The van der Waals surface area contributed by atoms with E-state index in [2.05, 4.69) is 10.6 Å². The van der Waals surface area contributed by atoms with Gasteiger partial charge in [-0.15, -0.1) is 0 Å². The molecule has 1 fully saturated rings. The molecular formula is C11H16N2O2. The lowest BCUT2D eigenvalue weighted by Gasteiger charge is -2.23. The van der Waals surface area contributed by atoms with Gasteiger partial charge in [-0.25, -0.2) is 0 Å². The minimum Gasteiger partial charge on any atom is -0.461 e. The Morgan fingerprint density at radius 3 is 3.27 bits per heavy atom. The number of rotatable bonds is 4. The first-order valence-corrected chi connectivity index (χ1v) is 5.37. The van der Waals surface area contributed by atoms with Gasteiger partial charge in [0.2, 0.25) is 5.78 Å². The SMILES string of the molecule is O=C(CN[C@H]1CCCNC1)c1ccco1. The van der Waals surface area contributed by atoms with E-state index in [-0.39, 0.29) is 5.78 Å². The van der Waals surface area contributed by atoms with Crippen LogP contribution in [0, 0.1) is 0 Å². The lowest BCUT2D eigenvalue weighted by molar-refractivity contribution is 0.0959. The van der Waals surface area contributed by atoms with E-state index in [0.29, 0.717) is 18.3 Å². The van der Waals surface area contributed by atoms with Crippen LogP contribution in [0.4, 0.5) is 0 Å². The fraction of sp³-hybridized carbons (Fsp3) is 0.545. The Hall–Kier alpha value is -1.13. The average Bonchev–Trinajstić information content (AvgIpc) is 2.81. The minimum atomic E-state index is 0.0190. The van der Waals surface area contributed by atoms with E-state index in [1.807, 2.05) is 0 Å². The van der Waals surface area contributed by atoms with Gasteiger partial charge < -0.3 is 15.1 Å². The van der Waals surface area contributed by atoms with Crippen molar-refractivity contribution in [3.05, 3.63) is 24.2 Å². The third-order valence-corrected chi connectivity index (χ3v) is 2.64. The number of hydrogen-bond acceptors (Lipinski definition) is 4. The molecule has 0 saturated carbocycles. The maximum Gasteiger partial charge on any atom is 0.211 e. The fourth-order valence-electron chi connectivity index (χ4n) is 1.79. The second kappa shape index (κ2) is 5.09. The maximum absolute atomic E-state index is 11.6. The van der Waals surface area contributed by atoms with Crippen LogP contribution >= 0.6 is 0 Å². The maximum atomic E-state index is 11.6. The molecule has 1 atom stereocenters. The standard InChI is InChI=1S/C11H16N2O2/c14-10(11-4-2-6-15-11)8-13-9-3-1-5-12-7-9/h2,4,6,9,12-13H,1,3,5,7-8H2/t9-/m0/s1. The summed E-state index contributed by atoms with van der Waals surface area (Å²) < 4.78 is 5.03. The number of furan rings is 1. The van der Waals surface area contributed by atoms with Crippen LogP contribution in [0.5, 0.6) is 0 Å². The van der Waals surface area contributed by atoms with Crippen molar-refractivity contribution >= 4 is 5.78 Å². The van der Waals surface area contributed by atoms with Gasteiger partial charge in [-0.3, -0.25) is 4.79 Å². The molecule has 0 spiro atoms. The minimum absolute atomic E-state index is 0.0190. The van der Waals surface area contributed by atoms with Gasteiger partial charge in [0.25, 0.3) is 0 Å². The van der Waals surface area contributed by atoms with Crippen molar-refractivity contribution in [2.24, 2.45) is 0 Å². The summed E-state index contributed by atoms with van der Waals surface area (Å²) in [5.41, 5.74) is 0. The largest absolute Gasteiger partial charge is 0.461 e. The topological polar surface area (TPSA) is 54.3 Å². The van der Waals surface area contributed by atoms with Crippen molar-refractivity contribution in [1.82, 2.24) is 10.6 Å². The molecule has 15 heavy (non-hydrogen) atoms. The first kappa shape index (κ1) is 10.4. The summed E-state index contributed by atoms with van der Waals surface area (Å²) in [6.45, 7) is 2.40. The van der Waals surface area contributed by atoms with E-state index in [0.717, 1.165) is 19.5 Å². The van der Waals surface area contributed by atoms with Crippen LogP contribution in [0.2, 0.25) is 0 Å². The molecular weight excluding hydrogens is 192 g/mol. The smallest absolute Gasteiger partial charge is 0.211 e. The molecule has 1 aliphatic rings. The molecule has 1 aliphatic heterocycles. The molecule has 0 amide bonds. The highest BCUT2D eigenvalue weighted by molar-refractivity contribution is 5.94. The number of piperidine rings is 1. The Morgan fingerprint density at radius 2 is 2.60 bits per heavy atom. The zero-order chi connectivity index (χ0) is 10.5. The molecule has 0 radical (unpaired) electrons. The molecule has 1 aromatic rings. The number of ketones is 1. The molecule has 2 heterocycles. The number of nitrogens with one attached hydrogen (secondary N) is 2. The Labute approximate surface area is 89.0 Å². The summed E-state index contributed by atoms with van der Waals surface area (Å²) in [6.07, 6.45) is 3.83. The summed E-state index contributed by atoms with van der Waals surface area (Å²) in [5.74, 6) is 0.455. The molecule has 1 aromatic heterocycles. The molecule has 4 nitrogen and oxygen atoms in total. The van der Waals surface area contributed by atoms with Gasteiger partial charge in [0.1, 0.15) is 0 Å². The first-order valence-electron chi connectivity index (χ1n) is 5.37. The third-order valence-electron chi connectivity index (χ3n) is 2.64. The van der Waals surface area contributed by atoms with Crippen molar-refractivity contribution in [3.8, 4) is 0 Å². The van der Waals surface area contributed by atoms with E-state index in [1.54, 1.807) is 12.1 Å². The second-order valence-electron chi connectivity index (χ2n) is 3.82. The Morgan fingerprint density at radius 1 is 1.67 bits per heavy atom. The highest BCUT2D eigenvalue weighted by atomic mass is 16.3. The molecule has 4 heteroatoms. The number of hydrogen-bond donors (Lipinski definition) is 2. The van der Waals surface area contributed by atoms with E-state index in [9.17, 15) is 4.79 Å². The molecule has 2 N–H and O–H groups in total. The molecule has 0 aromatic carbocycles. The van der Waals surface area contributed by atoms with Crippen LogP contribution in [-0.2, 0) is 0 Å². The monoisotopic (exact) mass is 208 g/mol. The van der Waals surface area contributed by atoms with Crippen molar-refractivity contribution < 1.29 is 9.21 Å². The van der Waals surface area contributed by atoms with Crippen molar-refractivity contribution in [3.63, 3.8) is 0 Å². The lowest BCUT2D eigenvalue weighted by Crippen LogP contribution is -2.44. The molecule has 0 aliphatic carbocycles. The normalized spacial score (nSPS) is 21.5. The van der Waals surface area contributed by atoms with Gasteiger partial charge in [0.15, 0.2) is 5.76 Å². The van der Waals surface area contributed by atoms with E-state index in [4.69, 9.17) is 4.42 Å². The molecule has 0 unspecified atom stereocenters. The average molecular weight is 208 g/mol. The van der Waals surface area contributed by atoms with Crippen LogP contribution in [-0.4, -0.2) is 31.5 Å². The molecule has 82 valence electrons. The highest BCUT2D eigenvalue weighted by Gasteiger charge is 2.15. The molecule has 1 saturated heterocycles. The lowest BCUT2D eigenvalue weighted by atomic mass is 10.1. The van der Waals surface area contributed by atoms with E-state index >= 15 is 0 Å². The van der Waals surface area contributed by atoms with Gasteiger partial charge in [-0.2, -0.15) is 0 Å². The number of carbonyl (C=O) groups is 1. The zero-order valence-electron chi connectivity index (χ0n) is 8.66. The number of carbonyl (C=O) groups excluding carboxylic acids is 1. The van der Waals surface area contributed by atoms with Crippen LogP contribution in [0.3, 0.4) is 0 Å².